The van der Waals surface area contributed by atoms with E-state index >= 15 is 0 Å². The van der Waals surface area contributed by atoms with Crippen LogP contribution in [0.5, 0.6) is 0 Å². The minimum absolute atomic E-state index is 0. The minimum atomic E-state index is -1.43. The summed E-state index contributed by atoms with van der Waals surface area (Å²) < 4.78 is 0. The van der Waals surface area contributed by atoms with Gasteiger partial charge >= 0.3 is 0 Å². The van der Waals surface area contributed by atoms with Crippen LogP contribution in [-0.4, -0.2) is 46.0 Å². The van der Waals surface area contributed by atoms with Gasteiger partial charge in [-0.1, -0.05) is 0 Å². The van der Waals surface area contributed by atoms with Gasteiger partial charge in [-0.15, -0.1) is 12.4 Å². The van der Waals surface area contributed by atoms with Gasteiger partial charge in [-0.2, -0.15) is 0 Å². The average molecular weight is 200 g/mol. The number of nitrogens with two attached hydrogens (primary N) is 1. The van der Waals surface area contributed by atoms with E-state index in [1.54, 1.807) is 0 Å². The van der Waals surface area contributed by atoms with E-state index in [0.717, 1.165) is 0 Å². The molecule has 0 bridgehead atoms. The van der Waals surface area contributed by atoms with Crippen LogP contribution in [0.4, 0.5) is 0 Å². The third-order valence-electron chi connectivity index (χ3n) is 1.42. The summed E-state index contributed by atoms with van der Waals surface area (Å²) in [6, 6.07) is -1.13. The fourth-order valence-corrected chi connectivity index (χ4v) is 0.614. The fourth-order valence-electron chi connectivity index (χ4n) is 0.614. The summed E-state index contributed by atoms with van der Waals surface area (Å²) in [4.78, 5) is 9.95. The molecule has 0 aromatic rings. The van der Waals surface area contributed by atoms with Crippen LogP contribution >= 0.6 is 12.4 Å². The Morgan fingerprint density at radius 2 is 1.75 bits per heavy atom. The largest absolute Gasteiger partial charge is 0.391 e. The van der Waals surface area contributed by atoms with Crippen molar-refractivity contribution in [1.82, 2.24) is 0 Å². The molecular formula is C6H14ClNO4. The van der Waals surface area contributed by atoms with Crippen molar-refractivity contribution in [2.45, 2.75) is 31.3 Å². The fraction of sp³-hybridized carbons (Fsp3) is 0.833. The van der Waals surface area contributed by atoms with Gasteiger partial charge in [-0.3, -0.25) is 0 Å². The molecule has 0 rings (SSSR count). The normalized spacial score (nSPS) is 20.1. The summed E-state index contributed by atoms with van der Waals surface area (Å²) in [5, 5.41) is 26.6. The quantitative estimate of drug-likeness (QED) is 0.394. The van der Waals surface area contributed by atoms with Crippen molar-refractivity contribution < 1.29 is 20.1 Å². The summed E-state index contributed by atoms with van der Waals surface area (Å²) in [5.41, 5.74) is 5.18. The lowest BCUT2D eigenvalue weighted by atomic mass is 10.0. The van der Waals surface area contributed by atoms with Crippen molar-refractivity contribution in [1.29, 1.82) is 0 Å². The maximum absolute atomic E-state index is 9.95. The molecule has 4 atom stereocenters. The van der Waals surface area contributed by atoms with Crippen LogP contribution in [0.2, 0.25) is 0 Å². The van der Waals surface area contributed by atoms with Gasteiger partial charge in [0.2, 0.25) is 0 Å². The minimum Gasteiger partial charge on any atom is -0.391 e. The van der Waals surface area contributed by atoms with Gasteiger partial charge in [-0.25, -0.2) is 0 Å². The molecule has 0 aliphatic heterocycles. The summed E-state index contributed by atoms with van der Waals surface area (Å²) in [6.45, 7) is 1.32. The Bertz CT molecular complexity index is 133. The molecule has 0 aromatic heterocycles. The molecule has 5 nitrogen and oxygen atoms in total. The molecule has 0 saturated heterocycles. The lowest BCUT2D eigenvalue weighted by Crippen LogP contribution is -2.50. The smallest absolute Gasteiger partial charge is 0.150 e. The monoisotopic (exact) mass is 199 g/mol. The molecule has 12 heavy (non-hydrogen) atoms. The Labute approximate surface area is 76.6 Å². The van der Waals surface area contributed by atoms with Crippen LogP contribution in [0.25, 0.3) is 0 Å². The zero-order valence-corrected chi connectivity index (χ0v) is 7.44. The van der Waals surface area contributed by atoms with E-state index < -0.39 is 24.4 Å². The van der Waals surface area contributed by atoms with E-state index in [-0.39, 0.29) is 18.7 Å². The third-order valence-corrected chi connectivity index (χ3v) is 1.42. The number of aldehydes is 1. The van der Waals surface area contributed by atoms with Crippen LogP contribution in [0.1, 0.15) is 6.92 Å². The topological polar surface area (TPSA) is 104 Å². The van der Waals surface area contributed by atoms with Crippen molar-refractivity contribution in [3.8, 4) is 0 Å². The molecule has 0 aliphatic carbocycles. The maximum atomic E-state index is 9.95. The number of hydrogen-bond acceptors (Lipinski definition) is 5. The molecule has 0 aliphatic rings. The van der Waals surface area contributed by atoms with Gasteiger partial charge in [0.05, 0.1) is 18.2 Å². The molecule has 0 heterocycles. The van der Waals surface area contributed by atoms with Crippen LogP contribution in [0, 0.1) is 0 Å². The molecule has 6 heteroatoms. The first-order valence-corrected chi connectivity index (χ1v) is 3.25. The van der Waals surface area contributed by atoms with Crippen LogP contribution in [-0.2, 0) is 4.79 Å². The van der Waals surface area contributed by atoms with E-state index in [2.05, 4.69) is 0 Å². The van der Waals surface area contributed by atoms with Crippen molar-refractivity contribution >= 4 is 18.7 Å². The first-order valence-electron chi connectivity index (χ1n) is 3.25. The highest BCUT2D eigenvalue weighted by Gasteiger charge is 2.25. The molecule has 0 saturated carbocycles. The molecule has 74 valence electrons. The Morgan fingerprint density at radius 1 is 1.33 bits per heavy atom. The summed E-state index contributed by atoms with van der Waals surface area (Å²) in [7, 11) is 0. The number of rotatable bonds is 4. The first kappa shape index (κ1) is 14.3. The molecule has 0 unspecified atom stereocenters. The van der Waals surface area contributed by atoms with E-state index in [4.69, 9.17) is 21.1 Å². The molecule has 0 radical (unpaired) electrons. The van der Waals surface area contributed by atoms with E-state index in [1.165, 1.54) is 6.92 Å². The van der Waals surface area contributed by atoms with Gasteiger partial charge in [0.15, 0.2) is 0 Å². The number of carbonyl (C=O) groups excluding carboxylic acids is 1. The lowest BCUT2D eigenvalue weighted by Gasteiger charge is -2.22. The lowest BCUT2D eigenvalue weighted by molar-refractivity contribution is -0.118. The van der Waals surface area contributed by atoms with Crippen LogP contribution in [0.15, 0.2) is 0 Å². The average Bonchev–Trinajstić information content (AvgIpc) is 2.00. The van der Waals surface area contributed by atoms with Crippen molar-refractivity contribution in [3.05, 3.63) is 0 Å². The number of aliphatic hydroxyl groups is 3. The first-order chi connectivity index (χ1) is 5.00. The van der Waals surface area contributed by atoms with Gasteiger partial charge in [0.1, 0.15) is 12.4 Å². The summed E-state index contributed by atoms with van der Waals surface area (Å²) in [6.07, 6.45) is -3.55. The van der Waals surface area contributed by atoms with Gasteiger partial charge < -0.3 is 25.8 Å². The second kappa shape index (κ2) is 6.33. The SMILES string of the molecule is C[C@@H](O)[C@@H](O)[C@@H](N)[C@H](O)C=O.Cl. The van der Waals surface area contributed by atoms with Gasteiger partial charge in [-0.05, 0) is 6.92 Å². The molecule has 5 N–H and O–H groups in total. The highest BCUT2D eigenvalue weighted by molar-refractivity contribution is 5.85. The van der Waals surface area contributed by atoms with E-state index in [0.29, 0.717) is 0 Å². The summed E-state index contributed by atoms with van der Waals surface area (Å²) in [5.74, 6) is 0. The highest BCUT2D eigenvalue weighted by atomic mass is 35.5. The molecule has 0 amide bonds. The van der Waals surface area contributed by atoms with Gasteiger partial charge in [0.25, 0.3) is 0 Å². The predicted octanol–water partition coefficient (Wildman–Crippen LogP) is -1.96. The summed E-state index contributed by atoms with van der Waals surface area (Å²) >= 11 is 0. The number of carbonyl (C=O) groups is 1. The molecule has 0 spiro atoms. The van der Waals surface area contributed by atoms with Crippen molar-refractivity contribution in [2.75, 3.05) is 0 Å². The van der Waals surface area contributed by atoms with Crippen LogP contribution < -0.4 is 5.73 Å². The number of halogens is 1. The van der Waals surface area contributed by atoms with Crippen molar-refractivity contribution in [2.24, 2.45) is 5.73 Å². The second-order valence-electron chi connectivity index (χ2n) is 2.44. The van der Waals surface area contributed by atoms with E-state index in [9.17, 15) is 4.79 Å². The molecular weight excluding hydrogens is 186 g/mol. The maximum Gasteiger partial charge on any atom is 0.150 e. The molecule has 0 aromatic carbocycles. The van der Waals surface area contributed by atoms with Crippen LogP contribution in [0.3, 0.4) is 0 Å². The third kappa shape index (κ3) is 3.99. The Kier molecular flexibility index (Phi) is 7.56. The number of hydrogen-bond donors (Lipinski definition) is 4. The van der Waals surface area contributed by atoms with Crippen molar-refractivity contribution in [3.63, 3.8) is 0 Å². The zero-order chi connectivity index (χ0) is 9.02. The molecule has 0 fully saturated rings. The standard InChI is InChI=1S/C6H13NO4.ClH/c1-3(9)6(11)5(7)4(10)2-8;/h2-6,9-11H,7H2,1H3;1H/t3-,4-,5+,6-;/m1./s1. The highest BCUT2D eigenvalue weighted by Crippen LogP contribution is 2.00. The number of aliphatic hydroxyl groups excluding tert-OH is 3. The Morgan fingerprint density at radius 3 is 2.00 bits per heavy atom. The Hall–Kier alpha value is -0.200. The second-order valence-corrected chi connectivity index (χ2v) is 2.44. The van der Waals surface area contributed by atoms with Gasteiger partial charge in [0, 0.05) is 0 Å². The Balaban J connectivity index is 0. The predicted molar refractivity (Wildman–Crippen MR) is 45.0 cm³/mol. The van der Waals surface area contributed by atoms with E-state index in [1.807, 2.05) is 0 Å². The zero-order valence-electron chi connectivity index (χ0n) is 6.62.